The van der Waals surface area contributed by atoms with E-state index >= 15 is 0 Å². The fourth-order valence-corrected chi connectivity index (χ4v) is 4.89. The average molecular weight is 446 g/mol. The third-order valence-corrected chi connectivity index (χ3v) is 6.60. The number of hydrogen-bond donors (Lipinski definition) is 0. The minimum atomic E-state index is -0.317. The van der Waals surface area contributed by atoms with Crippen LogP contribution >= 0.6 is 11.8 Å². The Morgan fingerprint density at radius 1 is 1.16 bits per heavy atom. The van der Waals surface area contributed by atoms with Crippen LogP contribution in [-0.4, -0.2) is 37.5 Å². The molecule has 0 N–H and O–H groups in total. The Kier molecular flexibility index (Phi) is 5.77. The Hall–Kier alpha value is -3.39. The number of para-hydroxylation sites is 1. The Balaban J connectivity index is 1.42. The lowest BCUT2D eigenvalue weighted by atomic mass is 10.0. The van der Waals surface area contributed by atoms with Crippen molar-refractivity contribution in [3.8, 4) is 11.4 Å². The molecule has 32 heavy (non-hydrogen) atoms. The van der Waals surface area contributed by atoms with Gasteiger partial charge in [0, 0.05) is 30.2 Å². The van der Waals surface area contributed by atoms with Crippen molar-refractivity contribution in [3.05, 3.63) is 78.5 Å². The second kappa shape index (κ2) is 9.00. The molecule has 1 atom stereocenters. The maximum atomic E-state index is 13.4. The summed E-state index contributed by atoms with van der Waals surface area (Å²) in [5.41, 5.74) is 3.11. The Morgan fingerprint density at radius 3 is 2.88 bits per heavy atom. The number of thioether (sulfide) groups is 1. The topological polar surface area (TPSA) is 77.0 Å². The van der Waals surface area contributed by atoms with E-state index in [0.29, 0.717) is 17.5 Å². The van der Waals surface area contributed by atoms with Crippen LogP contribution in [0.5, 0.6) is 0 Å². The predicted molar refractivity (Wildman–Crippen MR) is 123 cm³/mol. The van der Waals surface area contributed by atoms with Crippen LogP contribution in [0.1, 0.15) is 24.7 Å². The maximum absolute atomic E-state index is 13.4. The monoisotopic (exact) mass is 445 g/mol. The van der Waals surface area contributed by atoms with Crippen molar-refractivity contribution in [3.63, 3.8) is 0 Å². The number of hydrogen-bond acceptors (Lipinski definition) is 6. The molecule has 0 saturated carbocycles. The quantitative estimate of drug-likeness (QED) is 0.408. The first-order valence-corrected chi connectivity index (χ1v) is 11.5. The van der Waals surface area contributed by atoms with Crippen LogP contribution in [0.2, 0.25) is 0 Å². The molecule has 8 heteroatoms. The van der Waals surface area contributed by atoms with Crippen molar-refractivity contribution >= 4 is 23.4 Å². The molecule has 1 aliphatic heterocycles. The van der Waals surface area contributed by atoms with Gasteiger partial charge in [0.05, 0.1) is 18.1 Å². The van der Waals surface area contributed by atoms with Gasteiger partial charge in [0.25, 0.3) is 0 Å². The number of aryl methyl sites for hydroxylation is 1. The van der Waals surface area contributed by atoms with Crippen LogP contribution in [0.15, 0.2) is 76.8 Å². The summed E-state index contributed by atoms with van der Waals surface area (Å²) in [6, 6.07) is 15.7. The zero-order valence-electron chi connectivity index (χ0n) is 17.7. The number of fused-ring (bicyclic) bond motifs is 1. The summed E-state index contributed by atoms with van der Waals surface area (Å²) in [5.74, 6) is 1.57. The van der Waals surface area contributed by atoms with Gasteiger partial charge in [0.1, 0.15) is 5.76 Å². The summed E-state index contributed by atoms with van der Waals surface area (Å²) in [7, 11) is 0. The highest BCUT2D eigenvalue weighted by Gasteiger charge is 2.28. The predicted octanol–water partition coefficient (Wildman–Crippen LogP) is 4.44. The van der Waals surface area contributed by atoms with Gasteiger partial charge in [0.2, 0.25) is 5.91 Å². The summed E-state index contributed by atoms with van der Waals surface area (Å²) in [5, 5.41) is 9.19. The Labute approximate surface area is 190 Å². The SMILES string of the molecule is C[C@@H](Sc1nnc(-c2cccnc2)n1Cc1ccco1)C(=O)N1CCCc2ccccc21. The van der Waals surface area contributed by atoms with Crippen molar-refractivity contribution < 1.29 is 9.21 Å². The summed E-state index contributed by atoms with van der Waals surface area (Å²) in [6.45, 7) is 3.14. The van der Waals surface area contributed by atoms with Gasteiger partial charge in [-0.15, -0.1) is 10.2 Å². The average Bonchev–Trinajstić information content (AvgIpc) is 3.49. The number of amides is 1. The number of carbonyl (C=O) groups excluding carboxylic acids is 1. The van der Waals surface area contributed by atoms with E-state index < -0.39 is 0 Å². The second-order valence-electron chi connectivity index (χ2n) is 7.70. The zero-order chi connectivity index (χ0) is 21.9. The molecule has 1 aliphatic rings. The summed E-state index contributed by atoms with van der Waals surface area (Å²) < 4.78 is 7.54. The molecule has 0 fully saturated rings. The highest BCUT2D eigenvalue weighted by atomic mass is 32.2. The molecule has 1 aromatic carbocycles. The third kappa shape index (κ3) is 4.05. The lowest BCUT2D eigenvalue weighted by Crippen LogP contribution is -2.40. The van der Waals surface area contributed by atoms with E-state index in [4.69, 9.17) is 4.42 Å². The first-order valence-electron chi connectivity index (χ1n) is 10.6. The largest absolute Gasteiger partial charge is 0.467 e. The molecular weight excluding hydrogens is 422 g/mol. The number of anilines is 1. The number of carbonyl (C=O) groups is 1. The van der Waals surface area contributed by atoms with E-state index in [-0.39, 0.29) is 11.2 Å². The number of rotatable bonds is 6. The van der Waals surface area contributed by atoms with Crippen molar-refractivity contribution in [1.82, 2.24) is 19.7 Å². The smallest absolute Gasteiger partial charge is 0.240 e. The Bertz CT molecular complexity index is 1210. The molecule has 0 aliphatic carbocycles. The molecule has 0 bridgehead atoms. The van der Waals surface area contributed by atoms with Crippen molar-refractivity contribution in [2.24, 2.45) is 0 Å². The van der Waals surface area contributed by atoms with Crippen LogP contribution in [0.25, 0.3) is 11.4 Å². The van der Waals surface area contributed by atoms with Crippen LogP contribution in [0.3, 0.4) is 0 Å². The zero-order valence-corrected chi connectivity index (χ0v) is 18.5. The molecular formula is C24H23N5O2S. The van der Waals surface area contributed by atoms with E-state index in [1.807, 2.05) is 58.9 Å². The standard InChI is InChI=1S/C24H23N5O2S/c1-17(23(30)28-13-5-9-18-7-2-3-11-21(18)28)32-24-27-26-22(19-8-4-12-25-15-19)29(24)16-20-10-6-14-31-20/h2-4,6-8,10-12,14-15,17H,5,9,13,16H2,1H3/t17-/m1/s1. The molecule has 162 valence electrons. The number of furan rings is 1. The molecule has 1 amide bonds. The van der Waals surface area contributed by atoms with Crippen LogP contribution < -0.4 is 4.90 Å². The lowest BCUT2D eigenvalue weighted by molar-refractivity contribution is -0.117. The number of aromatic nitrogens is 4. The molecule has 4 aromatic rings. The summed E-state index contributed by atoms with van der Waals surface area (Å²) >= 11 is 1.42. The van der Waals surface area contributed by atoms with E-state index in [1.54, 1.807) is 18.7 Å². The van der Waals surface area contributed by atoms with Gasteiger partial charge in [-0.05, 0) is 55.7 Å². The number of benzene rings is 1. The summed E-state index contributed by atoms with van der Waals surface area (Å²) in [4.78, 5) is 19.5. The van der Waals surface area contributed by atoms with Gasteiger partial charge in [-0.2, -0.15) is 0 Å². The molecule has 0 saturated heterocycles. The Morgan fingerprint density at radius 2 is 2.06 bits per heavy atom. The second-order valence-corrected chi connectivity index (χ2v) is 9.00. The minimum Gasteiger partial charge on any atom is -0.467 e. The highest BCUT2D eigenvalue weighted by molar-refractivity contribution is 8.00. The molecule has 5 rings (SSSR count). The van der Waals surface area contributed by atoms with Gasteiger partial charge in [-0.3, -0.25) is 14.3 Å². The van der Waals surface area contributed by atoms with Crippen molar-refractivity contribution in [2.45, 2.75) is 36.7 Å². The normalized spacial score (nSPS) is 14.2. The molecule has 4 heterocycles. The van der Waals surface area contributed by atoms with Gasteiger partial charge in [-0.1, -0.05) is 30.0 Å². The van der Waals surface area contributed by atoms with Gasteiger partial charge in [0.15, 0.2) is 11.0 Å². The van der Waals surface area contributed by atoms with E-state index in [2.05, 4.69) is 21.2 Å². The number of pyridine rings is 1. The molecule has 0 spiro atoms. The number of nitrogens with zero attached hydrogens (tertiary/aromatic N) is 5. The van der Waals surface area contributed by atoms with Crippen LogP contribution in [-0.2, 0) is 17.8 Å². The summed E-state index contributed by atoms with van der Waals surface area (Å²) in [6.07, 6.45) is 7.11. The lowest BCUT2D eigenvalue weighted by Gasteiger charge is -2.31. The first kappa shape index (κ1) is 20.5. The molecule has 0 unspecified atom stereocenters. The maximum Gasteiger partial charge on any atom is 0.240 e. The fraction of sp³-hybridized carbons (Fsp3) is 0.250. The van der Waals surface area contributed by atoms with Crippen LogP contribution in [0, 0.1) is 0 Å². The van der Waals surface area contributed by atoms with E-state index in [0.717, 1.165) is 36.4 Å². The minimum absolute atomic E-state index is 0.0811. The van der Waals surface area contributed by atoms with Crippen molar-refractivity contribution in [1.29, 1.82) is 0 Å². The molecule has 3 aromatic heterocycles. The van der Waals surface area contributed by atoms with Gasteiger partial charge < -0.3 is 9.32 Å². The first-order chi connectivity index (χ1) is 15.7. The van der Waals surface area contributed by atoms with Gasteiger partial charge in [-0.25, -0.2) is 0 Å². The van der Waals surface area contributed by atoms with Gasteiger partial charge >= 0.3 is 0 Å². The molecule has 7 nitrogen and oxygen atoms in total. The van der Waals surface area contributed by atoms with Crippen molar-refractivity contribution in [2.75, 3.05) is 11.4 Å². The van der Waals surface area contributed by atoms with Crippen LogP contribution in [0.4, 0.5) is 5.69 Å². The highest BCUT2D eigenvalue weighted by Crippen LogP contribution is 2.32. The van der Waals surface area contributed by atoms with E-state index in [1.165, 1.54) is 17.3 Å². The fourth-order valence-electron chi connectivity index (χ4n) is 3.98. The molecule has 0 radical (unpaired) electrons. The van der Waals surface area contributed by atoms with E-state index in [9.17, 15) is 4.79 Å². The third-order valence-electron chi connectivity index (χ3n) is 5.54.